The van der Waals surface area contributed by atoms with Crippen molar-refractivity contribution in [2.75, 3.05) is 13.2 Å². The molecule has 2 N–H and O–H groups in total. The summed E-state index contributed by atoms with van der Waals surface area (Å²) in [5, 5.41) is 0. The van der Waals surface area contributed by atoms with Crippen molar-refractivity contribution < 1.29 is 18.8 Å². The van der Waals surface area contributed by atoms with Gasteiger partial charge in [0, 0.05) is 18.1 Å². The highest BCUT2D eigenvalue weighted by Crippen LogP contribution is 2.42. The molecule has 28 heavy (non-hydrogen) atoms. The number of carbonyl (C=O) groups is 2. The number of hydrogen-bond acceptors (Lipinski definition) is 4. The fourth-order valence-electron chi connectivity index (χ4n) is 4.91. The van der Waals surface area contributed by atoms with Crippen LogP contribution in [-0.2, 0) is 14.0 Å². The van der Waals surface area contributed by atoms with Crippen molar-refractivity contribution in [2.45, 2.75) is 84.4 Å². The van der Waals surface area contributed by atoms with Crippen LogP contribution in [0.2, 0.25) is 16.6 Å². The molecule has 1 aliphatic rings. The van der Waals surface area contributed by atoms with E-state index >= 15 is 0 Å². The molecule has 0 saturated heterocycles. The van der Waals surface area contributed by atoms with E-state index in [-0.39, 0.29) is 18.3 Å². The first-order valence-electron chi connectivity index (χ1n) is 10.5. The van der Waals surface area contributed by atoms with E-state index < -0.39 is 14.4 Å². The molecule has 0 aromatic carbocycles. The molecule has 0 spiro atoms. The topological polar surface area (TPSA) is 78.6 Å². The average molecular weight is 410 g/mol. The lowest BCUT2D eigenvalue weighted by Crippen LogP contribution is -2.47. The van der Waals surface area contributed by atoms with Crippen molar-refractivity contribution in [3.8, 4) is 0 Å². The van der Waals surface area contributed by atoms with Crippen LogP contribution in [0.3, 0.4) is 0 Å². The Hall–Kier alpha value is -1.40. The molecule has 6 heteroatoms. The number of Topliss-reactive ketones (excluding diaryl/α,β-unsaturated/α-hetero) is 1. The van der Waals surface area contributed by atoms with Crippen LogP contribution in [0, 0.1) is 5.92 Å². The van der Waals surface area contributed by atoms with E-state index in [0.717, 1.165) is 37.0 Å². The van der Waals surface area contributed by atoms with Gasteiger partial charge in [-0.25, -0.2) is 4.79 Å². The van der Waals surface area contributed by atoms with Crippen LogP contribution in [0.1, 0.15) is 67.7 Å². The minimum atomic E-state index is -1.83. The summed E-state index contributed by atoms with van der Waals surface area (Å²) >= 11 is 0. The second-order valence-corrected chi connectivity index (χ2v) is 14.3. The standard InChI is InChI=1S/C22H39NO4Si/c1-14(2)28(15(3)4,16(5)6)27-12-10-9-11-19-17(7)21(24)18(8)20(19)13-26-22(23)25/h14-16,20H,8-13H2,1-7H3,(H2,23,25)/t20-/m0/s1. The highest BCUT2D eigenvalue weighted by molar-refractivity contribution is 6.77. The third-order valence-corrected chi connectivity index (χ3v) is 12.4. The Balaban J connectivity index is 2.67. The van der Waals surface area contributed by atoms with Gasteiger partial charge in [-0.1, -0.05) is 53.7 Å². The molecule has 0 saturated carbocycles. The Morgan fingerprint density at radius 1 is 1.11 bits per heavy atom. The molecular formula is C22H39NO4Si. The molecule has 160 valence electrons. The number of hydrogen-bond donors (Lipinski definition) is 1. The molecule has 1 aliphatic carbocycles. The quantitative estimate of drug-likeness (QED) is 0.277. The molecule has 0 radical (unpaired) electrons. The van der Waals surface area contributed by atoms with Gasteiger partial charge in [0.25, 0.3) is 0 Å². The van der Waals surface area contributed by atoms with Crippen molar-refractivity contribution in [1.29, 1.82) is 0 Å². The number of carbonyl (C=O) groups excluding carboxylic acids is 2. The van der Waals surface area contributed by atoms with Gasteiger partial charge in [0.05, 0.1) is 0 Å². The molecule has 0 aromatic heterocycles. The zero-order valence-corrected chi connectivity index (χ0v) is 19.8. The SMILES string of the molecule is C=C1C(=O)C(C)=C(CCCCO[Si](C(C)C)(C(C)C)C(C)C)[C@H]1COC(N)=O. The van der Waals surface area contributed by atoms with Crippen LogP contribution in [0.25, 0.3) is 0 Å². The molecule has 5 nitrogen and oxygen atoms in total. The van der Waals surface area contributed by atoms with E-state index in [4.69, 9.17) is 14.9 Å². The van der Waals surface area contributed by atoms with Gasteiger partial charge in [0.2, 0.25) is 0 Å². The molecule has 1 amide bonds. The van der Waals surface area contributed by atoms with Gasteiger partial charge in [-0.3, -0.25) is 4.79 Å². The monoisotopic (exact) mass is 409 g/mol. The number of ketones is 1. The van der Waals surface area contributed by atoms with Crippen LogP contribution in [0.15, 0.2) is 23.3 Å². The van der Waals surface area contributed by atoms with Crippen molar-refractivity contribution in [3.05, 3.63) is 23.3 Å². The van der Waals surface area contributed by atoms with Gasteiger partial charge in [0.15, 0.2) is 14.1 Å². The van der Waals surface area contributed by atoms with Crippen LogP contribution in [0.4, 0.5) is 4.79 Å². The molecule has 0 bridgehead atoms. The van der Waals surface area contributed by atoms with E-state index in [1.54, 1.807) is 0 Å². The number of unbranched alkanes of at least 4 members (excludes halogenated alkanes) is 1. The molecule has 0 unspecified atom stereocenters. The Morgan fingerprint density at radius 3 is 2.11 bits per heavy atom. The molecule has 0 aromatic rings. The second kappa shape index (κ2) is 10.4. The number of ether oxygens (including phenoxy) is 1. The highest BCUT2D eigenvalue weighted by atomic mass is 28.4. The van der Waals surface area contributed by atoms with Gasteiger partial charge in [-0.2, -0.15) is 0 Å². The lowest BCUT2D eigenvalue weighted by molar-refractivity contribution is -0.112. The van der Waals surface area contributed by atoms with Crippen LogP contribution < -0.4 is 5.73 Å². The smallest absolute Gasteiger partial charge is 0.404 e. The Bertz CT molecular complexity index is 600. The first-order valence-corrected chi connectivity index (χ1v) is 12.6. The largest absolute Gasteiger partial charge is 0.449 e. The summed E-state index contributed by atoms with van der Waals surface area (Å²) in [7, 11) is -1.83. The second-order valence-electron chi connectivity index (χ2n) is 8.81. The first kappa shape index (κ1) is 24.6. The molecule has 1 atom stereocenters. The highest BCUT2D eigenvalue weighted by Gasteiger charge is 2.44. The maximum absolute atomic E-state index is 12.3. The average Bonchev–Trinajstić information content (AvgIpc) is 2.79. The van der Waals surface area contributed by atoms with E-state index in [9.17, 15) is 9.59 Å². The van der Waals surface area contributed by atoms with E-state index in [2.05, 4.69) is 48.1 Å². The van der Waals surface area contributed by atoms with E-state index in [0.29, 0.717) is 22.2 Å². The summed E-state index contributed by atoms with van der Waals surface area (Å²) in [5.74, 6) is -0.272. The number of amides is 1. The summed E-state index contributed by atoms with van der Waals surface area (Å²) in [6.45, 7) is 20.3. The molecule has 0 aliphatic heterocycles. The Labute approximate surface area is 171 Å². The van der Waals surface area contributed by atoms with Crippen LogP contribution in [-0.4, -0.2) is 33.4 Å². The maximum Gasteiger partial charge on any atom is 0.404 e. The van der Waals surface area contributed by atoms with Gasteiger partial charge < -0.3 is 14.9 Å². The van der Waals surface area contributed by atoms with E-state index in [1.807, 2.05) is 6.92 Å². The summed E-state index contributed by atoms with van der Waals surface area (Å²) < 4.78 is 11.6. The maximum atomic E-state index is 12.3. The summed E-state index contributed by atoms with van der Waals surface area (Å²) in [6, 6.07) is 0. The van der Waals surface area contributed by atoms with Gasteiger partial charge >= 0.3 is 6.09 Å². The zero-order valence-electron chi connectivity index (χ0n) is 18.8. The summed E-state index contributed by atoms with van der Waals surface area (Å²) in [6.07, 6.45) is 1.84. The van der Waals surface area contributed by atoms with E-state index in [1.165, 1.54) is 0 Å². The minimum Gasteiger partial charge on any atom is -0.449 e. The van der Waals surface area contributed by atoms with Gasteiger partial charge in [-0.15, -0.1) is 0 Å². The predicted molar refractivity (Wildman–Crippen MR) is 117 cm³/mol. The van der Waals surface area contributed by atoms with Gasteiger partial charge in [-0.05, 0) is 48.4 Å². The molecule has 1 rings (SSSR count). The minimum absolute atomic E-state index is 0.0323. The number of nitrogens with two attached hydrogens (primary N) is 1. The Kier molecular flexibility index (Phi) is 9.15. The lowest BCUT2D eigenvalue weighted by atomic mass is 9.94. The third-order valence-electron chi connectivity index (χ3n) is 6.25. The predicted octanol–water partition coefficient (Wildman–Crippen LogP) is 5.52. The van der Waals surface area contributed by atoms with Crippen LogP contribution >= 0.6 is 0 Å². The molecule has 0 heterocycles. The summed E-state index contributed by atoms with van der Waals surface area (Å²) in [4.78, 5) is 23.2. The lowest BCUT2D eigenvalue weighted by Gasteiger charge is -2.42. The molecular weight excluding hydrogens is 370 g/mol. The molecule has 0 fully saturated rings. The normalized spacial score (nSPS) is 18.1. The van der Waals surface area contributed by atoms with Crippen molar-refractivity contribution >= 4 is 20.2 Å². The van der Waals surface area contributed by atoms with Crippen molar-refractivity contribution in [1.82, 2.24) is 0 Å². The fraction of sp³-hybridized carbons (Fsp3) is 0.727. The fourth-order valence-corrected chi connectivity index (χ4v) is 10.4. The van der Waals surface area contributed by atoms with Crippen molar-refractivity contribution in [2.24, 2.45) is 11.7 Å². The summed E-state index contributed by atoms with van der Waals surface area (Å²) in [5.41, 5.74) is 9.05. The van der Waals surface area contributed by atoms with Gasteiger partial charge in [0.1, 0.15) is 6.61 Å². The number of allylic oxidation sites excluding steroid dienone is 1. The Morgan fingerprint density at radius 2 is 1.64 bits per heavy atom. The number of primary amides is 1. The first-order chi connectivity index (χ1) is 13.0. The number of rotatable bonds is 11. The van der Waals surface area contributed by atoms with Crippen molar-refractivity contribution in [3.63, 3.8) is 0 Å². The third kappa shape index (κ3) is 5.35. The zero-order chi connectivity index (χ0) is 21.6. The van der Waals surface area contributed by atoms with Crippen LogP contribution in [0.5, 0.6) is 0 Å².